The fraction of sp³-hybridized carbons (Fsp3) is 0.538. The smallest absolute Gasteiger partial charge is 0.293 e. The quantitative estimate of drug-likeness (QED) is 0.567. The third-order valence-corrected chi connectivity index (χ3v) is 4.72. The van der Waals surface area contributed by atoms with Crippen LogP contribution >= 0.6 is 0 Å². The molecule has 0 aromatic heterocycles. The van der Waals surface area contributed by atoms with Crippen LogP contribution in [0.1, 0.15) is 0 Å². The first kappa shape index (κ1) is 19.4. The number of nitro benzene ring substituents is 1. The molecular weight excluding hydrogens is 362 g/mol. The van der Waals surface area contributed by atoms with Crippen molar-refractivity contribution >= 4 is 21.4 Å². The maximum atomic E-state index is 12.5. The standard InChI is InChI=1S/C13H18F2N4O5S/c1-17(13-8-18(4-5-24-13)7-12(14)15)10-3-2-9(25(16,22)23)6-11(10)19(20)21/h2-3,6,12-13H,4-5,7-8H2,1H3,(H2,16,22,23). The molecule has 0 radical (unpaired) electrons. The van der Waals surface area contributed by atoms with Gasteiger partial charge in [-0.25, -0.2) is 22.3 Å². The van der Waals surface area contributed by atoms with Crippen molar-refractivity contribution in [1.82, 2.24) is 4.90 Å². The number of nitrogens with two attached hydrogens (primary N) is 1. The normalized spacial score (nSPS) is 19.2. The second-order valence-corrected chi connectivity index (χ2v) is 7.10. The number of halogens is 2. The minimum Gasteiger partial charge on any atom is -0.356 e. The molecule has 1 aromatic carbocycles. The van der Waals surface area contributed by atoms with Crippen molar-refractivity contribution in [2.45, 2.75) is 17.5 Å². The van der Waals surface area contributed by atoms with Crippen LogP contribution in [0.15, 0.2) is 23.1 Å². The first-order valence-corrected chi connectivity index (χ1v) is 8.80. The molecule has 1 heterocycles. The SMILES string of the molecule is CN(c1ccc(S(N)(=O)=O)cc1[N+](=O)[O-])C1CN(CC(F)F)CCO1. The maximum absolute atomic E-state index is 12.5. The average Bonchev–Trinajstić information content (AvgIpc) is 2.52. The van der Waals surface area contributed by atoms with Gasteiger partial charge in [-0.15, -0.1) is 0 Å². The molecule has 1 aliphatic rings. The van der Waals surface area contributed by atoms with E-state index in [0.717, 1.165) is 12.1 Å². The van der Waals surface area contributed by atoms with Crippen LogP contribution in [0.4, 0.5) is 20.2 Å². The third kappa shape index (κ3) is 4.81. The number of benzene rings is 1. The molecule has 1 aromatic rings. The summed E-state index contributed by atoms with van der Waals surface area (Å²) in [4.78, 5) is 13.1. The van der Waals surface area contributed by atoms with E-state index in [1.54, 1.807) is 0 Å². The van der Waals surface area contributed by atoms with Crippen molar-refractivity contribution < 1.29 is 26.9 Å². The minimum atomic E-state index is -4.09. The Morgan fingerprint density at radius 3 is 2.76 bits per heavy atom. The summed E-state index contributed by atoms with van der Waals surface area (Å²) in [6, 6.07) is 3.25. The van der Waals surface area contributed by atoms with E-state index in [1.165, 1.54) is 22.9 Å². The Bertz CT molecular complexity index is 746. The van der Waals surface area contributed by atoms with Crippen LogP contribution < -0.4 is 10.0 Å². The molecule has 0 spiro atoms. The predicted octanol–water partition coefficient (Wildman–Crippen LogP) is 0.602. The first-order chi connectivity index (χ1) is 11.6. The summed E-state index contributed by atoms with van der Waals surface area (Å²) in [5.74, 6) is 0. The van der Waals surface area contributed by atoms with Crippen molar-refractivity contribution in [2.75, 3.05) is 38.2 Å². The van der Waals surface area contributed by atoms with Gasteiger partial charge in [0, 0.05) is 26.2 Å². The van der Waals surface area contributed by atoms with E-state index in [9.17, 15) is 27.3 Å². The molecule has 140 valence electrons. The molecule has 1 fully saturated rings. The van der Waals surface area contributed by atoms with Crippen LogP contribution in [0.3, 0.4) is 0 Å². The lowest BCUT2D eigenvalue weighted by atomic mass is 10.2. The topological polar surface area (TPSA) is 119 Å². The highest BCUT2D eigenvalue weighted by molar-refractivity contribution is 7.89. The van der Waals surface area contributed by atoms with Crippen LogP contribution in [0.5, 0.6) is 0 Å². The van der Waals surface area contributed by atoms with Crippen molar-refractivity contribution in [1.29, 1.82) is 0 Å². The van der Waals surface area contributed by atoms with Crippen molar-refractivity contribution in [3.05, 3.63) is 28.3 Å². The van der Waals surface area contributed by atoms with Crippen LogP contribution in [0.2, 0.25) is 0 Å². The molecule has 0 saturated carbocycles. The van der Waals surface area contributed by atoms with E-state index in [1.807, 2.05) is 0 Å². The predicted molar refractivity (Wildman–Crippen MR) is 85.1 cm³/mol. The number of hydrogen-bond donors (Lipinski definition) is 1. The monoisotopic (exact) mass is 380 g/mol. The summed E-state index contributed by atoms with van der Waals surface area (Å²) in [6.45, 7) is 0.251. The lowest BCUT2D eigenvalue weighted by molar-refractivity contribution is -0.384. The van der Waals surface area contributed by atoms with Crippen LogP contribution in [-0.2, 0) is 14.8 Å². The summed E-state index contributed by atoms with van der Waals surface area (Å²) < 4.78 is 53.3. The number of hydrogen-bond acceptors (Lipinski definition) is 7. The molecular formula is C13H18F2N4O5S. The van der Waals surface area contributed by atoms with E-state index >= 15 is 0 Å². The fourth-order valence-corrected chi connectivity index (χ4v) is 3.09. The zero-order valence-corrected chi connectivity index (χ0v) is 14.2. The molecule has 1 saturated heterocycles. The zero-order valence-electron chi connectivity index (χ0n) is 13.3. The molecule has 0 amide bonds. The van der Waals surface area contributed by atoms with Crippen molar-refractivity contribution in [2.24, 2.45) is 5.14 Å². The number of anilines is 1. The Hall–Kier alpha value is -1.89. The van der Waals surface area contributed by atoms with Gasteiger partial charge >= 0.3 is 0 Å². The number of primary sulfonamides is 1. The number of nitrogens with zero attached hydrogens (tertiary/aromatic N) is 3. The van der Waals surface area contributed by atoms with Crippen LogP contribution in [0.25, 0.3) is 0 Å². The second-order valence-electron chi connectivity index (χ2n) is 5.54. The summed E-state index contributed by atoms with van der Waals surface area (Å²) in [7, 11) is -2.58. The van der Waals surface area contributed by atoms with Gasteiger partial charge in [0.05, 0.1) is 23.0 Å². The molecule has 2 N–H and O–H groups in total. The number of ether oxygens (including phenoxy) is 1. The molecule has 1 unspecified atom stereocenters. The number of rotatable bonds is 6. The lowest BCUT2D eigenvalue weighted by Gasteiger charge is -2.38. The third-order valence-electron chi connectivity index (χ3n) is 3.81. The summed E-state index contributed by atoms with van der Waals surface area (Å²) in [5, 5.41) is 16.3. The van der Waals surface area contributed by atoms with E-state index in [-0.39, 0.29) is 23.7 Å². The van der Waals surface area contributed by atoms with Crippen LogP contribution in [-0.4, -0.2) is 64.2 Å². The second kappa shape index (κ2) is 7.56. The van der Waals surface area contributed by atoms with E-state index in [0.29, 0.717) is 6.54 Å². The molecule has 12 heteroatoms. The number of nitro groups is 1. The molecule has 1 atom stereocenters. The summed E-state index contributed by atoms with van der Waals surface area (Å²) in [6.07, 6.45) is -3.18. The number of morpholine rings is 1. The number of sulfonamides is 1. The van der Waals surface area contributed by atoms with Crippen molar-refractivity contribution in [3.8, 4) is 0 Å². The zero-order chi connectivity index (χ0) is 18.8. The molecule has 0 bridgehead atoms. The molecule has 9 nitrogen and oxygen atoms in total. The summed E-state index contributed by atoms with van der Waals surface area (Å²) in [5.41, 5.74) is -0.370. The number of likely N-dealkylation sites (N-methyl/N-ethyl adjacent to an activating group) is 1. The minimum absolute atomic E-state index is 0.0984. The fourth-order valence-electron chi connectivity index (χ4n) is 2.56. The van der Waals surface area contributed by atoms with Crippen molar-refractivity contribution in [3.63, 3.8) is 0 Å². The molecule has 0 aliphatic carbocycles. The van der Waals surface area contributed by atoms with E-state index in [4.69, 9.17) is 9.88 Å². The van der Waals surface area contributed by atoms with E-state index in [2.05, 4.69) is 0 Å². The highest BCUT2D eigenvalue weighted by Crippen LogP contribution is 2.31. The highest BCUT2D eigenvalue weighted by Gasteiger charge is 2.30. The number of alkyl halides is 2. The van der Waals surface area contributed by atoms with Gasteiger partial charge in [0.2, 0.25) is 10.0 Å². The Morgan fingerprint density at radius 1 is 1.52 bits per heavy atom. The largest absolute Gasteiger partial charge is 0.356 e. The average molecular weight is 380 g/mol. The molecule has 25 heavy (non-hydrogen) atoms. The lowest BCUT2D eigenvalue weighted by Crippen LogP contribution is -2.51. The maximum Gasteiger partial charge on any atom is 0.293 e. The van der Waals surface area contributed by atoms with Gasteiger partial charge in [-0.2, -0.15) is 0 Å². The van der Waals surface area contributed by atoms with Gasteiger partial charge < -0.3 is 9.64 Å². The van der Waals surface area contributed by atoms with Gasteiger partial charge in [-0.3, -0.25) is 15.0 Å². The van der Waals surface area contributed by atoms with Crippen LogP contribution in [0, 0.1) is 10.1 Å². The highest BCUT2D eigenvalue weighted by atomic mass is 32.2. The van der Waals surface area contributed by atoms with Gasteiger partial charge in [0.25, 0.3) is 12.1 Å². The van der Waals surface area contributed by atoms with Gasteiger partial charge in [-0.05, 0) is 12.1 Å². The Labute approximate surface area is 143 Å². The Morgan fingerprint density at radius 2 is 2.20 bits per heavy atom. The van der Waals surface area contributed by atoms with Gasteiger partial charge in [0.15, 0.2) is 0 Å². The first-order valence-electron chi connectivity index (χ1n) is 7.25. The summed E-state index contributed by atoms with van der Waals surface area (Å²) >= 11 is 0. The van der Waals surface area contributed by atoms with E-state index < -0.39 is 39.8 Å². The van der Waals surface area contributed by atoms with Gasteiger partial charge in [0.1, 0.15) is 11.9 Å². The Kier molecular flexibility index (Phi) is 5.87. The molecule has 2 rings (SSSR count). The Balaban J connectivity index is 2.29. The van der Waals surface area contributed by atoms with Gasteiger partial charge in [-0.1, -0.05) is 0 Å². The molecule has 1 aliphatic heterocycles.